The zero-order valence-electron chi connectivity index (χ0n) is 12.3. The summed E-state index contributed by atoms with van der Waals surface area (Å²) in [5, 5.41) is 3.19. The number of thiazole rings is 1. The molecular weight excluding hydrogens is 315 g/mol. The molecule has 1 aromatic carbocycles. The van der Waals surface area contributed by atoms with Crippen LogP contribution in [0.3, 0.4) is 0 Å². The Kier molecular flexibility index (Phi) is 3.30. The quantitative estimate of drug-likeness (QED) is 0.800. The topological polar surface area (TPSA) is 67.8 Å². The Bertz CT molecular complexity index is 910. The van der Waals surface area contributed by atoms with Crippen molar-refractivity contribution in [2.24, 2.45) is 5.92 Å². The highest BCUT2D eigenvalue weighted by Crippen LogP contribution is 2.36. The summed E-state index contributed by atoms with van der Waals surface area (Å²) in [4.78, 5) is 24.8. The maximum atomic E-state index is 12.9. The predicted molar refractivity (Wildman–Crippen MR) is 87.0 cm³/mol. The van der Waals surface area contributed by atoms with E-state index in [0.29, 0.717) is 11.6 Å². The van der Waals surface area contributed by atoms with E-state index in [9.17, 15) is 9.18 Å². The van der Waals surface area contributed by atoms with Gasteiger partial charge in [-0.3, -0.25) is 14.8 Å². The highest BCUT2D eigenvalue weighted by molar-refractivity contribution is 7.22. The van der Waals surface area contributed by atoms with Crippen LogP contribution in [0.15, 0.2) is 30.6 Å². The largest absolute Gasteiger partial charge is 0.302 e. The number of amides is 1. The Morgan fingerprint density at radius 2 is 2.13 bits per heavy atom. The lowest BCUT2D eigenvalue weighted by atomic mass is 10.1. The normalized spacial score (nSPS) is 19.7. The highest BCUT2D eigenvalue weighted by Gasteiger charge is 2.43. The number of nitrogens with zero attached hydrogens (tertiary/aromatic N) is 3. The Morgan fingerprint density at radius 3 is 2.87 bits per heavy atom. The predicted octanol–water partition coefficient (Wildman–Crippen LogP) is 3.36. The fraction of sp³-hybridized carbons (Fsp3) is 0.250. The number of hydrogen-bond donors (Lipinski definition) is 1. The van der Waals surface area contributed by atoms with Crippen LogP contribution in [0.2, 0.25) is 0 Å². The van der Waals surface area contributed by atoms with Crippen LogP contribution < -0.4 is 5.32 Å². The third-order valence-electron chi connectivity index (χ3n) is 3.82. The standard InChI is InChI=1S/C16H13FN4OS/c1-8-14(19-5-4-18-8)9-2-3-12-13(6-9)23-16(20-12)21-15(22)10-7-11(10)17/h2-6,10-11H,7H2,1H3,(H,20,21,22). The maximum absolute atomic E-state index is 12.9. The zero-order chi connectivity index (χ0) is 16.0. The molecule has 0 saturated heterocycles. The summed E-state index contributed by atoms with van der Waals surface area (Å²) in [6, 6.07) is 5.80. The van der Waals surface area contributed by atoms with Gasteiger partial charge >= 0.3 is 0 Å². The molecule has 5 nitrogen and oxygen atoms in total. The number of rotatable bonds is 3. The molecule has 1 saturated carbocycles. The Hall–Kier alpha value is -2.41. The van der Waals surface area contributed by atoms with Gasteiger partial charge < -0.3 is 5.32 Å². The summed E-state index contributed by atoms with van der Waals surface area (Å²) >= 11 is 1.37. The van der Waals surface area contributed by atoms with Gasteiger partial charge in [0.1, 0.15) is 6.17 Å². The van der Waals surface area contributed by atoms with Gasteiger partial charge in [0, 0.05) is 18.0 Å². The van der Waals surface area contributed by atoms with Gasteiger partial charge in [0.2, 0.25) is 5.91 Å². The van der Waals surface area contributed by atoms with Crippen LogP contribution in [0.4, 0.5) is 9.52 Å². The van der Waals surface area contributed by atoms with Crippen molar-refractivity contribution in [1.29, 1.82) is 0 Å². The van der Waals surface area contributed by atoms with E-state index in [1.165, 1.54) is 11.3 Å². The lowest BCUT2D eigenvalue weighted by molar-refractivity contribution is -0.117. The molecule has 1 fully saturated rings. The van der Waals surface area contributed by atoms with E-state index in [4.69, 9.17) is 0 Å². The van der Waals surface area contributed by atoms with Crippen molar-refractivity contribution in [1.82, 2.24) is 15.0 Å². The molecule has 2 heterocycles. The molecule has 2 atom stereocenters. The second kappa shape index (κ2) is 5.34. The van der Waals surface area contributed by atoms with Gasteiger partial charge in [0.05, 0.1) is 27.5 Å². The molecule has 4 rings (SSSR count). The molecule has 0 radical (unpaired) electrons. The van der Waals surface area contributed by atoms with E-state index in [-0.39, 0.29) is 5.91 Å². The SMILES string of the molecule is Cc1nccnc1-c1ccc2nc(NC(=O)C3CC3F)sc2c1. The monoisotopic (exact) mass is 328 g/mol. The number of hydrogen-bond acceptors (Lipinski definition) is 5. The van der Waals surface area contributed by atoms with Crippen LogP contribution in [-0.4, -0.2) is 27.0 Å². The van der Waals surface area contributed by atoms with Crippen molar-refractivity contribution in [3.63, 3.8) is 0 Å². The van der Waals surface area contributed by atoms with Crippen molar-refractivity contribution >= 4 is 32.6 Å². The first-order valence-corrected chi connectivity index (χ1v) is 8.07. The molecule has 3 aromatic rings. The average molecular weight is 328 g/mol. The fourth-order valence-corrected chi connectivity index (χ4v) is 3.36. The van der Waals surface area contributed by atoms with E-state index in [2.05, 4.69) is 20.3 Å². The van der Waals surface area contributed by atoms with Crippen LogP contribution in [0.5, 0.6) is 0 Å². The fourth-order valence-electron chi connectivity index (χ4n) is 2.45. The number of fused-ring (bicyclic) bond motifs is 1. The van der Waals surface area contributed by atoms with Crippen molar-refractivity contribution < 1.29 is 9.18 Å². The number of aryl methyl sites for hydroxylation is 1. The minimum atomic E-state index is -1.00. The van der Waals surface area contributed by atoms with Crippen LogP contribution in [0.25, 0.3) is 21.5 Å². The van der Waals surface area contributed by atoms with Crippen molar-refractivity contribution in [3.05, 3.63) is 36.3 Å². The number of nitrogens with one attached hydrogen (secondary N) is 1. The van der Waals surface area contributed by atoms with Crippen LogP contribution in [-0.2, 0) is 4.79 Å². The maximum Gasteiger partial charge on any atom is 0.232 e. The summed E-state index contributed by atoms with van der Waals surface area (Å²) in [5.41, 5.74) is 3.43. The number of alkyl halides is 1. The Balaban J connectivity index is 1.64. The van der Waals surface area contributed by atoms with Gasteiger partial charge in [0.25, 0.3) is 0 Å². The lowest BCUT2D eigenvalue weighted by Crippen LogP contribution is -2.14. The highest BCUT2D eigenvalue weighted by atomic mass is 32.1. The van der Waals surface area contributed by atoms with Crippen LogP contribution in [0.1, 0.15) is 12.1 Å². The number of benzene rings is 1. The summed E-state index contributed by atoms with van der Waals surface area (Å²) in [6.07, 6.45) is 2.63. The molecule has 2 aromatic heterocycles. The number of halogens is 1. The Labute approximate surface area is 135 Å². The van der Waals surface area contributed by atoms with Crippen LogP contribution >= 0.6 is 11.3 Å². The minimum Gasteiger partial charge on any atom is -0.302 e. The minimum absolute atomic E-state index is 0.290. The smallest absolute Gasteiger partial charge is 0.232 e. The van der Waals surface area contributed by atoms with Gasteiger partial charge in [-0.05, 0) is 25.5 Å². The van der Waals surface area contributed by atoms with Crippen molar-refractivity contribution in [2.75, 3.05) is 5.32 Å². The number of carbonyl (C=O) groups is 1. The van der Waals surface area contributed by atoms with Gasteiger partial charge in [-0.1, -0.05) is 17.4 Å². The van der Waals surface area contributed by atoms with Crippen molar-refractivity contribution in [2.45, 2.75) is 19.5 Å². The molecule has 0 bridgehead atoms. The lowest BCUT2D eigenvalue weighted by Gasteiger charge is -2.02. The summed E-state index contributed by atoms with van der Waals surface area (Å²) in [6.45, 7) is 1.91. The zero-order valence-corrected chi connectivity index (χ0v) is 13.1. The first-order chi connectivity index (χ1) is 11.1. The molecule has 0 spiro atoms. The molecule has 116 valence electrons. The number of anilines is 1. The van der Waals surface area contributed by atoms with Gasteiger partial charge in [-0.25, -0.2) is 9.37 Å². The summed E-state index contributed by atoms with van der Waals surface area (Å²) in [5.74, 6) is -0.804. The van der Waals surface area contributed by atoms with Gasteiger partial charge in [-0.15, -0.1) is 0 Å². The second-order valence-corrected chi connectivity index (χ2v) is 6.57. The molecular formula is C16H13FN4OS. The molecule has 1 aliphatic carbocycles. The van der Waals surface area contributed by atoms with E-state index < -0.39 is 12.1 Å². The first-order valence-electron chi connectivity index (χ1n) is 7.25. The van der Waals surface area contributed by atoms with E-state index in [1.807, 2.05) is 25.1 Å². The molecule has 0 aliphatic heterocycles. The first kappa shape index (κ1) is 14.2. The second-order valence-electron chi connectivity index (χ2n) is 5.54. The van der Waals surface area contributed by atoms with E-state index in [0.717, 1.165) is 27.2 Å². The van der Waals surface area contributed by atoms with Crippen LogP contribution in [0, 0.1) is 12.8 Å². The third kappa shape index (κ3) is 2.68. The molecule has 2 unspecified atom stereocenters. The third-order valence-corrected chi connectivity index (χ3v) is 4.76. The summed E-state index contributed by atoms with van der Waals surface area (Å²) in [7, 11) is 0. The number of carbonyl (C=O) groups excluding carboxylic acids is 1. The average Bonchev–Trinajstić information content (AvgIpc) is 3.13. The molecule has 7 heteroatoms. The molecule has 1 aliphatic rings. The van der Waals surface area contributed by atoms with Gasteiger partial charge in [0.15, 0.2) is 5.13 Å². The van der Waals surface area contributed by atoms with Gasteiger partial charge in [-0.2, -0.15) is 0 Å². The van der Waals surface area contributed by atoms with E-state index >= 15 is 0 Å². The molecule has 1 amide bonds. The Morgan fingerprint density at radius 1 is 1.35 bits per heavy atom. The van der Waals surface area contributed by atoms with Crippen molar-refractivity contribution in [3.8, 4) is 11.3 Å². The number of aromatic nitrogens is 3. The molecule has 23 heavy (non-hydrogen) atoms. The summed E-state index contributed by atoms with van der Waals surface area (Å²) < 4.78 is 13.9. The molecule has 1 N–H and O–H groups in total. The van der Waals surface area contributed by atoms with E-state index in [1.54, 1.807) is 12.4 Å².